The number of anilines is 3. The Hall–Kier alpha value is -3.32. The van der Waals surface area contributed by atoms with Gasteiger partial charge in [0.2, 0.25) is 5.91 Å². The average molecular weight is 391 g/mol. The first kappa shape index (κ1) is 19.0. The summed E-state index contributed by atoms with van der Waals surface area (Å²) in [6.45, 7) is 3.72. The number of aromatic nitrogens is 2. The van der Waals surface area contributed by atoms with Crippen molar-refractivity contribution in [1.82, 2.24) is 15.3 Å². The van der Waals surface area contributed by atoms with Crippen LogP contribution in [0.1, 0.15) is 18.4 Å². The third-order valence-corrected chi connectivity index (χ3v) is 4.84. The number of aryl methyl sites for hydroxylation is 1. The van der Waals surface area contributed by atoms with Crippen molar-refractivity contribution in [2.75, 3.05) is 23.7 Å². The first-order valence-electron chi connectivity index (χ1n) is 9.57. The number of halogens is 1. The van der Waals surface area contributed by atoms with Crippen molar-refractivity contribution in [2.24, 2.45) is 0 Å². The van der Waals surface area contributed by atoms with Crippen molar-refractivity contribution in [1.29, 1.82) is 0 Å². The summed E-state index contributed by atoms with van der Waals surface area (Å²) in [5.41, 5.74) is 3.61. The third kappa shape index (κ3) is 4.57. The molecule has 0 unspecified atom stereocenters. The van der Waals surface area contributed by atoms with Crippen molar-refractivity contribution in [3.63, 3.8) is 0 Å². The van der Waals surface area contributed by atoms with E-state index >= 15 is 0 Å². The summed E-state index contributed by atoms with van der Waals surface area (Å²) in [5.74, 6) is -0.312. The minimum absolute atomic E-state index is 0.107. The molecule has 1 aliphatic rings. The largest absolute Gasteiger partial charge is 0.340 e. The number of fused-ring (bicyclic) bond motifs is 1. The second-order valence-electron chi connectivity index (χ2n) is 7.11. The molecule has 2 heterocycles. The number of piperidine rings is 1. The molecule has 29 heavy (non-hydrogen) atoms. The average Bonchev–Trinajstić information content (AvgIpc) is 2.70. The Morgan fingerprint density at radius 1 is 1.17 bits per heavy atom. The Bertz CT molecular complexity index is 1090. The van der Waals surface area contributed by atoms with Crippen molar-refractivity contribution < 1.29 is 9.18 Å². The van der Waals surface area contributed by atoms with Gasteiger partial charge >= 0.3 is 0 Å². The lowest BCUT2D eigenvalue weighted by Gasteiger charge is -2.15. The highest BCUT2D eigenvalue weighted by atomic mass is 19.1. The Labute approximate surface area is 168 Å². The van der Waals surface area contributed by atoms with Crippen molar-refractivity contribution in [3.05, 3.63) is 65.8 Å². The molecule has 1 aliphatic heterocycles. The summed E-state index contributed by atoms with van der Waals surface area (Å²) < 4.78 is 14.5. The maximum Gasteiger partial charge on any atom is 0.248 e. The van der Waals surface area contributed by atoms with Crippen LogP contribution in [-0.4, -0.2) is 29.0 Å². The standard InChI is InChI=1S/C22H22FN5O/c1-14-3-2-4-16(9-14)27-22-17-11-20(18(23)12-19(17)25-13-26-22)28-21(29)10-15-5-7-24-8-6-15/h2-4,9-13,24H,5-8H2,1H3,(H,28,29)(H,25,26,27). The summed E-state index contributed by atoms with van der Waals surface area (Å²) in [5, 5.41) is 9.77. The molecule has 0 aliphatic carbocycles. The fourth-order valence-electron chi connectivity index (χ4n) is 3.38. The van der Waals surface area contributed by atoms with E-state index in [0.29, 0.717) is 16.7 Å². The van der Waals surface area contributed by atoms with Gasteiger partial charge in [-0.2, -0.15) is 0 Å². The van der Waals surface area contributed by atoms with Gasteiger partial charge in [-0.25, -0.2) is 14.4 Å². The van der Waals surface area contributed by atoms with Crippen LogP contribution in [0.15, 0.2) is 54.4 Å². The molecule has 0 radical (unpaired) electrons. The summed E-state index contributed by atoms with van der Waals surface area (Å²) in [6.07, 6.45) is 4.61. The molecule has 3 N–H and O–H groups in total. The molecular weight excluding hydrogens is 369 g/mol. The molecule has 1 aromatic heterocycles. The van der Waals surface area contributed by atoms with Gasteiger partial charge in [-0.15, -0.1) is 0 Å². The molecule has 2 aromatic carbocycles. The summed E-state index contributed by atoms with van der Waals surface area (Å²) >= 11 is 0. The Balaban J connectivity index is 1.63. The number of nitrogens with one attached hydrogen (secondary N) is 3. The number of carbonyl (C=O) groups excluding carboxylic acids is 1. The number of nitrogens with zero attached hydrogens (tertiary/aromatic N) is 2. The molecule has 4 rings (SSSR count). The minimum atomic E-state index is -0.533. The molecule has 0 bridgehead atoms. The number of hydrogen-bond acceptors (Lipinski definition) is 5. The van der Waals surface area contributed by atoms with Gasteiger partial charge in [0.25, 0.3) is 0 Å². The first-order valence-corrected chi connectivity index (χ1v) is 9.57. The molecule has 0 spiro atoms. The smallest absolute Gasteiger partial charge is 0.248 e. The van der Waals surface area contributed by atoms with E-state index in [4.69, 9.17) is 0 Å². The van der Waals surface area contributed by atoms with Crippen LogP contribution in [0.25, 0.3) is 10.9 Å². The van der Waals surface area contributed by atoms with E-state index in [1.54, 1.807) is 12.1 Å². The maximum absolute atomic E-state index is 14.5. The predicted octanol–water partition coefficient (Wildman–Crippen LogP) is 4.07. The zero-order valence-corrected chi connectivity index (χ0v) is 16.1. The van der Waals surface area contributed by atoms with Gasteiger partial charge in [0.15, 0.2) is 0 Å². The molecule has 1 fully saturated rings. The lowest BCUT2D eigenvalue weighted by Crippen LogP contribution is -2.24. The molecular formula is C22H22FN5O. The van der Waals surface area contributed by atoms with E-state index in [1.807, 2.05) is 31.2 Å². The molecule has 0 saturated carbocycles. The number of amides is 1. The van der Waals surface area contributed by atoms with Crippen LogP contribution in [0.3, 0.4) is 0 Å². The van der Waals surface area contributed by atoms with E-state index in [2.05, 4.69) is 25.9 Å². The maximum atomic E-state index is 14.5. The van der Waals surface area contributed by atoms with Gasteiger partial charge < -0.3 is 16.0 Å². The fourth-order valence-corrected chi connectivity index (χ4v) is 3.38. The van der Waals surface area contributed by atoms with Crippen LogP contribution in [0, 0.1) is 12.7 Å². The Morgan fingerprint density at radius 2 is 2.00 bits per heavy atom. The molecule has 148 valence electrons. The van der Waals surface area contributed by atoms with Crippen molar-refractivity contribution >= 4 is 34.0 Å². The highest BCUT2D eigenvalue weighted by molar-refractivity contribution is 6.02. The molecule has 7 heteroatoms. The lowest BCUT2D eigenvalue weighted by molar-refractivity contribution is -0.112. The van der Waals surface area contributed by atoms with Crippen LogP contribution < -0.4 is 16.0 Å². The van der Waals surface area contributed by atoms with Gasteiger partial charge in [-0.05, 0) is 56.6 Å². The van der Waals surface area contributed by atoms with E-state index in [-0.39, 0.29) is 11.6 Å². The highest BCUT2D eigenvalue weighted by Crippen LogP contribution is 2.28. The highest BCUT2D eigenvalue weighted by Gasteiger charge is 2.13. The zero-order chi connectivity index (χ0) is 20.2. The van der Waals surface area contributed by atoms with Crippen molar-refractivity contribution in [3.8, 4) is 0 Å². The van der Waals surface area contributed by atoms with E-state index < -0.39 is 5.82 Å². The quantitative estimate of drug-likeness (QED) is 0.585. The number of benzene rings is 2. The Morgan fingerprint density at radius 3 is 2.79 bits per heavy atom. The van der Waals surface area contributed by atoms with Crippen LogP contribution in [-0.2, 0) is 4.79 Å². The second-order valence-corrected chi connectivity index (χ2v) is 7.11. The molecule has 3 aromatic rings. The summed E-state index contributed by atoms with van der Waals surface area (Å²) in [4.78, 5) is 20.8. The van der Waals surface area contributed by atoms with Gasteiger partial charge in [-0.1, -0.05) is 17.7 Å². The predicted molar refractivity (Wildman–Crippen MR) is 113 cm³/mol. The summed E-state index contributed by atoms with van der Waals surface area (Å²) in [7, 11) is 0. The molecule has 1 amide bonds. The number of carbonyl (C=O) groups is 1. The zero-order valence-electron chi connectivity index (χ0n) is 16.1. The third-order valence-electron chi connectivity index (χ3n) is 4.84. The normalized spacial score (nSPS) is 13.9. The SMILES string of the molecule is Cc1cccc(Nc2ncnc3cc(F)c(NC(=O)C=C4CCNCC4)cc23)c1. The van der Waals surface area contributed by atoms with E-state index in [9.17, 15) is 9.18 Å². The monoisotopic (exact) mass is 391 g/mol. The van der Waals surface area contributed by atoms with Crippen LogP contribution in [0.2, 0.25) is 0 Å². The van der Waals surface area contributed by atoms with Crippen LogP contribution in [0.5, 0.6) is 0 Å². The van der Waals surface area contributed by atoms with E-state index in [0.717, 1.165) is 42.8 Å². The second kappa shape index (κ2) is 8.36. The summed E-state index contributed by atoms with van der Waals surface area (Å²) in [6, 6.07) is 10.8. The fraction of sp³-hybridized carbons (Fsp3) is 0.227. The lowest BCUT2D eigenvalue weighted by atomic mass is 10.1. The topological polar surface area (TPSA) is 78.9 Å². The number of hydrogen-bond donors (Lipinski definition) is 3. The molecule has 0 atom stereocenters. The first-order chi connectivity index (χ1) is 14.1. The van der Waals surface area contributed by atoms with Gasteiger partial charge in [-0.3, -0.25) is 4.79 Å². The number of rotatable bonds is 4. The van der Waals surface area contributed by atoms with E-state index in [1.165, 1.54) is 12.4 Å². The van der Waals surface area contributed by atoms with Crippen molar-refractivity contribution in [2.45, 2.75) is 19.8 Å². The molecule has 1 saturated heterocycles. The minimum Gasteiger partial charge on any atom is -0.340 e. The Kier molecular flexibility index (Phi) is 5.48. The van der Waals surface area contributed by atoms with Gasteiger partial charge in [0, 0.05) is 23.2 Å². The van der Waals surface area contributed by atoms with Gasteiger partial charge in [0.05, 0.1) is 11.2 Å². The van der Waals surface area contributed by atoms with Crippen LogP contribution >= 0.6 is 0 Å². The van der Waals surface area contributed by atoms with Crippen LogP contribution in [0.4, 0.5) is 21.6 Å². The molecule has 6 nitrogen and oxygen atoms in total. The van der Waals surface area contributed by atoms with Gasteiger partial charge in [0.1, 0.15) is 18.0 Å².